The van der Waals surface area contributed by atoms with Crippen LogP contribution in [0.1, 0.15) is 0 Å². The molecule has 0 spiro atoms. The predicted molar refractivity (Wildman–Crippen MR) is 37.7 cm³/mol. The van der Waals surface area contributed by atoms with Crippen LogP contribution in [-0.2, 0) is 14.3 Å². The fraction of sp³-hybridized carbons (Fsp3) is 0.200. The van der Waals surface area contributed by atoms with Gasteiger partial charge in [-0.1, -0.05) is 0 Å². The van der Waals surface area contributed by atoms with Crippen molar-refractivity contribution in [2.24, 2.45) is 0 Å². The SMILES string of the molecule is O=C(O)/C=C/C(=O)OC[SiH3]. The number of carbonyl (C=O) groups excluding carboxylic acids is 1. The van der Waals surface area contributed by atoms with E-state index in [1.54, 1.807) is 0 Å². The number of hydrogen-bond acceptors (Lipinski definition) is 3. The zero-order chi connectivity index (χ0) is 7.98. The summed E-state index contributed by atoms with van der Waals surface area (Å²) in [5, 5.41) is 8.04. The van der Waals surface area contributed by atoms with Gasteiger partial charge in [-0.15, -0.1) is 0 Å². The van der Waals surface area contributed by atoms with Gasteiger partial charge in [0.2, 0.25) is 0 Å². The minimum atomic E-state index is -1.15. The zero-order valence-electron chi connectivity index (χ0n) is 5.53. The van der Waals surface area contributed by atoms with Crippen molar-refractivity contribution in [3.63, 3.8) is 0 Å². The van der Waals surface area contributed by atoms with Gasteiger partial charge >= 0.3 is 11.9 Å². The zero-order valence-corrected chi connectivity index (χ0v) is 7.53. The average molecular weight is 160 g/mol. The number of hydrogen-bond donors (Lipinski definition) is 1. The summed E-state index contributed by atoms with van der Waals surface area (Å²) in [6.45, 7) is 0. The monoisotopic (exact) mass is 160 g/mol. The molecular weight excluding hydrogens is 152 g/mol. The van der Waals surface area contributed by atoms with Crippen LogP contribution in [0.2, 0.25) is 0 Å². The molecule has 0 rings (SSSR count). The van der Waals surface area contributed by atoms with Gasteiger partial charge in [0.25, 0.3) is 0 Å². The summed E-state index contributed by atoms with van der Waals surface area (Å²) in [5.41, 5.74) is 0. The molecule has 0 aromatic heterocycles. The Morgan fingerprint density at radius 1 is 1.50 bits per heavy atom. The van der Waals surface area contributed by atoms with Crippen molar-refractivity contribution >= 4 is 22.2 Å². The van der Waals surface area contributed by atoms with Gasteiger partial charge in [0.15, 0.2) is 0 Å². The molecule has 1 N–H and O–H groups in total. The Hall–Kier alpha value is -1.10. The third kappa shape index (κ3) is 5.04. The normalized spacial score (nSPS) is 10.0. The van der Waals surface area contributed by atoms with Gasteiger partial charge in [0.05, 0.1) is 16.5 Å². The van der Waals surface area contributed by atoms with Crippen LogP contribution in [0, 0.1) is 0 Å². The predicted octanol–water partition coefficient (Wildman–Crippen LogP) is -1.51. The summed E-state index contributed by atoms with van der Waals surface area (Å²) in [5.74, 6) is -1.75. The molecule has 0 heterocycles. The van der Waals surface area contributed by atoms with Crippen molar-refractivity contribution in [2.45, 2.75) is 0 Å². The fourth-order valence-electron chi connectivity index (χ4n) is 0.330. The Morgan fingerprint density at radius 3 is 2.50 bits per heavy atom. The molecule has 5 heteroatoms. The Balaban J connectivity index is 3.67. The van der Waals surface area contributed by atoms with Crippen LogP contribution < -0.4 is 0 Å². The Bertz CT molecular complexity index is 163. The van der Waals surface area contributed by atoms with Crippen molar-refractivity contribution in [2.75, 3.05) is 6.23 Å². The quantitative estimate of drug-likeness (QED) is 0.310. The molecule has 0 atom stereocenters. The number of carboxylic acids is 1. The van der Waals surface area contributed by atoms with E-state index in [1.807, 2.05) is 0 Å². The molecule has 0 aliphatic heterocycles. The molecule has 0 fully saturated rings. The van der Waals surface area contributed by atoms with Crippen LogP contribution >= 0.6 is 0 Å². The van der Waals surface area contributed by atoms with E-state index in [4.69, 9.17) is 5.11 Å². The lowest BCUT2D eigenvalue weighted by atomic mass is 10.5. The molecule has 0 aromatic carbocycles. The largest absolute Gasteiger partial charge is 0.478 e. The first-order valence-corrected chi connectivity index (χ1v) is 4.16. The molecule has 0 aliphatic carbocycles. The van der Waals surface area contributed by atoms with Gasteiger partial charge in [0, 0.05) is 12.2 Å². The summed E-state index contributed by atoms with van der Waals surface area (Å²) >= 11 is 0. The molecule has 0 amide bonds. The maximum absolute atomic E-state index is 10.4. The minimum absolute atomic E-state index is 0.392. The number of esters is 1. The average Bonchev–Trinajstić information content (AvgIpc) is 1.85. The molecule has 0 bridgehead atoms. The third-order valence-corrected chi connectivity index (χ3v) is 0.937. The lowest BCUT2D eigenvalue weighted by Crippen LogP contribution is -2.02. The van der Waals surface area contributed by atoms with E-state index in [2.05, 4.69) is 4.74 Å². The summed E-state index contributed by atoms with van der Waals surface area (Å²) < 4.78 is 4.46. The van der Waals surface area contributed by atoms with E-state index >= 15 is 0 Å². The van der Waals surface area contributed by atoms with Crippen LogP contribution in [0.25, 0.3) is 0 Å². The minimum Gasteiger partial charge on any atom is -0.478 e. The highest BCUT2D eigenvalue weighted by Crippen LogP contribution is 1.78. The second-order valence-corrected chi connectivity index (χ2v) is 2.00. The van der Waals surface area contributed by atoms with Gasteiger partial charge in [-0.2, -0.15) is 0 Å². The van der Waals surface area contributed by atoms with Crippen LogP contribution in [0.4, 0.5) is 0 Å². The van der Waals surface area contributed by atoms with Crippen molar-refractivity contribution < 1.29 is 19.4 Å². The van der Waals surface area contributed by atoms with Gasteiger partial charge in [0.1, 0.15) is 0 Å². The van der Waals surface area contributed by atoms with Gasteiger partial charge in [-0.25, -0.2) is 9.59 Å². The topological polar surface area (TPSA) is 63.6 Å². The van der Waals surface area contributed by atoms with Gasteiger partial charge in [-0.3, -0.25) is 0 Å². The maximum Gasteiger partial charge on any atom is 0.330 e. The van der Waals surface area contributed by atoms with E-state index in [-0.39, 0.29) is 0 Å². The Kier molecular flexibility index (Phi) is 4.22. The molecule has 0 unspecified atom stereocenters. The van der Waals surface area contributed by atoms with E-state index in [0.717, 1.165) is 22.4 Å². The molecule has 10 heavy (non-hydrogen) atoms. The second kappa shape index (κ2) is 4.75. The molecule has 0 saturated heterocycles. The van der Waals surface area contributed by atoms with Crippen LogP contribution in [0.15, 0.2) is 12.2 Å². The molecule has 0 saturated carbocycles. The van der Waals surface area contributed by atoms with E-state index < -0.39 is 11.9 Å². The number of carboxylic acid groups (broad SMARTS) is 1. The van der Waals surface area contributed by atoms with Crippen molar-refractivity contribution in [3.05, 3.63) is 12.2 Å². The number of ether oxygens (including phenoxy) is 1. The van der Waals surface area contributed by atoms with E-state index in [9.17, 15) is 9.59 Å². The maximum atomic E-state index is 10.4. The van der Waals surface area contributed by atoms with Crippen molar-refractivity contribution in [1.82, 2.24) is 0 Å². The highest BCUT2D eigenvalue weighted by atomic mass is 28.1. The Morgan fingerprint density at radius 2 is 2.10 bits per heavy atom. The number of rotatable bonds is 3. The molecular formula is C5H8O4Si. The van der Waals surface area contributed by atoms with E-state index in [0.29, 0.717) is 6.23 Å². The molecule has 56 valence electrons. The van der Waals surface area contributed by atoms with Crippen molar-refractivity contribution in [1.29, 1.82) is 0 Å². The summed E-state index contributed by atoms with van der Waals surface area (Å²) in [7, 11) is 0.766. The number of aliphatic carboxylic acids is 1. The van der Waals surface area contributed by atoms with Crippen LogP contribution in [0.3, 0.4) is 0 Å². The first-order chi connectivity index (χ1) is 4.66. The summed E-state index contributed by atoms with van der Waals surface area (Å²) in [4.78, 5) is 20.2. The lowest BCUT2D eigenvalue weighted by Gasteiger charge is -1.92. The highest BCUT2D eigenvalue weighted by Gasteiger charge is 1.93. The molecule has 0 radical (unpaired) electrons. The fourth-order valence-corrected chi connectivity index (χ4v) is 0.614. The van der Waals surface area contributed by atoms with Gasteiger partial charge in [-0.05, 0) is 0 Å². The number of carbonyl (C=O) groups is 2. The van der Waals surface area contributed by atoms with Crippen LogP contribution in [0.5, 0.6) is 0 Å². The summed E-state index contributed by atoms with van der Waals surface area (Å²) in [6, 6.07) is 0. The summed E-state index contributed by atoms with van der Waals surface area (Å²) in [6.07, 6.45) is 2.03. The lowest BCUT2D eigenvalue weighted by molar-refractivity contribution is -0.137. The first kappa shape index (κ1) is 8.90. The second-order valence-electron chi connectivity index (χ2n) is 1.42. The Labute approximate surface area is 60.9 Å². The van der Waals surface area contributed by atoms with Crippen LogP contribution in [-0.4, -0.2) is 33.5 Å². The van der Waals surface area contributed by atoms with E-state index in [1.165, 1.54) is 0 Å². The van der Waals surface area contributed by atoms with Crippen molar-refractivity contribution in [3.8, 4) is 0 Å². The molecule has 0 aromatic rings. The first-order valence-electron chi connectivity index (χ1n) is 2.74. The standard InChI is InChI=1S/C5H8O4Si/c6-4(7)1-2-5(8)9-3-10/h1-2H,3H2,10H3,(H,6,7)/b2-1+. The van der Waals surface area contributed by atoms with Gasteiger partial charge < -0.3 is 9.84 Å². The smallest absolute Gasteiger partial charge is 0.330 e. The highest BCUT2D eigenvalue weighted by molar-refractivity contribution is 6.09. The molecule has 4 nitrogen and oxygen atoms in total. The third-order valence-electron chi connectivity index (χ3n) is 0.649. The molecule has 0 aliphatic rings.